The number of carbonyl (C=O) groups is 2. The zero-order valence-corrected chi connectivity index (χ0v) is 20.3. The minimum Gasteiger partial charge on any atom is -0.504 e. The number of piperidine rings is 1. The van der Waals surface area contributed by atoms with Gasteiger partial charge in [0.05, 0.1) is 0 Å². The minimum absolute atomic E-state index is 0.0706. The third-order valence-corrected chi connectivity index (χ3v) is 5.77. The van der Waals surface area contributed by atoms with Gasteiger partial charge in [-0.2, -0.15) is 0 Å². The van der Waals surface area contributed by atoms with Crippen molar-refractivity contribution >= 4 is 18.1 Å². The van der Waals surface area contributed by atoms with Crippen LogP contribution in [0, 0.1) is 0 Å². The molecule has 1 heterocycles. The first-order chi connectivity index (χ1) is 16.0. The average molecular weight is 467 g/mol. The van der Waals surface area contributed by atoms with Crippen LogP contribution < -0.4 is 0 Å². The van der Waals surface area contributed by atoms with Crippen molar-refractivity contribution in [2.45, 2.75) is 51.7 Å². The molecule has 7 heteroatoms. The first kappa shape index (κ1) is 25.1. The molecule has 2 N–H and O–H groups in total. The van der Waals surface area contributed by atoms with Gasteiger partial charge in [0.2, 0.25) is 5.91 Å². The Morgan fingerprint density at radius 2 is 1.79 bits per heavy atom. The van der Waals surface area contributed by atoms with Gasteiger partial charge in [-0.3, -0.25) is 4.79 Å². The predicted molar refractivity (Wildman–Crippen MR) is 132 cm³/mol. The third-order valence-electron chi connectivity index (χ3n) is 5.77. The Kier molecular flexibility index (Phi) is 7.87. The normalized spacial score (nSPS) is 14.9. The van der Waals surface area contributed by atoms with Crippen LogP contribution in [0.15, 0.2) is 48.5 Å². The summed E-state index contributed by atoms with van der Waals surface area (Å²) in [6.45, 7) is 7.35. The Bertz CT molecular complexity index is 1050. The highest BCUT2D eigenvalue weighted by molar-refractivity contribution is 5.92. The highest BCUT2D eigenvalue weighted by Gasteiger charge is 2.24. The van der Waals surface area contributed by atoms with Gasteiger partial charge in [0.25, 0.3) is 0 Å². The van der Waals surface area contributed by atoms with E-state index in [1.165, 1.54) is 23.8 Å². The molecule has 2 aromatic carbocycles. The van der Waals surface area contributed by atoms with Crippen molar-refractivity contribution < 1.29 is 24.5 Å². The lowest BCUT2D eigenvalue weighted by molar-refractivity contribution is -0.126. The second kappa shape index (κ2) is 10.6. The summed E-state index contributed by atoms with van der Waals surface area (Å²) in [5.74, 6) is -0.117. The summed E-state index contributed by atoms with van der Waals surface area (Å²) in [6, 6.07) is 12.7. The van der Waals surface area contributed by atoms with E-state index in [1.807, 2.05) is 37.8 Å². The van der Waals surface area contributed by atoms with E-state index < -0.39 is 5.60 Å². The second-order valence-corrected chi connectivity index (χ2v) is 9.76. The Balaban J connectivity index is 1.54. The highest BCUT2D eigenvalue weighted by Crippen LogP contribution is 2.29. The largest absolute Gasteiger partial charge is 0.504 e. The topological polar surface area (TPSA) is 90.3 Å². The zero-order valence-electron chi connectivity index (χ0n) is 20.3. The average Bonchev–Trinajstić information content (AvgIpc) is 2.79. The number of carbonyl (C=O) groups excluding carboxylic acids is 2. The van der Waals surface area contributed by atoms with Crippen LogP contribution in [0.25, 0.3) is 6.08 Å². The molecule has 2 aromatic rings. The molecular weight excluding hydrogens is 432 g/mol. The molecule has 0 atom stereocenters. The van der Waals surface area contributed by atoms with Crippen LogP contribution in [0.4, 0.5) is 4.79 Å². The van der Waals surface area contributed by atoms with Crippen molar-refractivity contribution in [3.8, 4) is 11.5 Å². The molecule has 0 unspecified atom stereocenters. The summed E-state index contributed by atoms with van der Waals surface area (Å²) in [5, 5.41) is 19.0. The Labute approximate surface area is 201 Å². The number of benzene rings is 2. The summed E-state index contributed by atoms with van der Waals surface area (Å²) in [7, 11) is 1.73. The number of likely N-dealkylation sites (tertiary alicyclic amines) is 1. The molecule has 0 spiro atoms. The molecule has 3 rings (SSSR count). The Morgan fingerprint density at radius 3 is 2.44 bits per heavy atom. The van der Waals surface area contributed by atoms with Crippen LogP contribution in [-0.2, 0) is 16.1 Å². The van der Waals surface area contributed by atoms with Crippen molar-refractivity contribution in [2.24, 2.45) is 0 Å². The molecule has 1 aliphatic rings. The molecule has 1 fully saturated rings. The lowest BCUT2D eigenvalue weighted by Crippen LogP contribution is -2.37. The van der Waals surface area contributed by atoms with Crippen LogP contribution in [0.3, 0.4) is 0 Å². The lowest BCUT2D eigenvalue weighted by atomic mass is 9.88. The van der Waals surface area contributed by atoms with E-state index in [4.69, 9.17) is 4.74 Å². The van der Waals surface area contributed by atoms with E-state index in [1.54, 1.807) is 24.1 Å². The molecule has 7 nitrogen and oxygen atoms in total. The molecule has 0 aromatic heterocycles. The molecule has 0 saturated carbocycles. The molecule has 0 bridgehead atoms. The molecule has 1 saturated heterocycles. The van der Waals surface area contributed by atoms with Crippen molar-refractivity contribution in [1.82, 2.24) is 9.80 Å². The standard InChI is InChI=1S/C27H34N2O5/c1-27(2,3)34-26(33)28(4)18-20-6-5-7-22(16-20)21-12-14-29(15-13-21)25(32)11-9-19-8-10-23(30)24(31)17-19/h5-11,16-17,21,30-31H,12-15,18H2,1-4H3. The van der Waals surface area contributed by atoms with E-state index in [0.717, 1.165) is 18.4 Å². The van der Waals surface area contributed by atoms with E-state index >= 15 is 0 Å². The van der Waals surface area contributed by atoms with Gasteiger partial charge in [-0.1, -0.05) is 30.3 Å². The fourth-order valence-corrected chi connectivity index (χ4v) is 3.97. The van der Waals surface area contributed by atoms with Crippen LogP contribution in [0.5, 0.6) is 11.5 Å². The second-order valence-electron chi connectivity index (χ2n) is 9.76. The summed E-state index contributed by atoms with van der Waals surface area (Å²) < 4.78 is 5.43. The SMILES string of the molecule is CN(Cc1cccc(C2CCN(C(=O)C=Cc3ccc(O)c(O)c3)CC2)c1)C(=O)OC(C)(C)C. The van der Waals surface area contributed by atoms with Crippen molar-refractivity contribution in [3.05, 3.63) is 65.2 Å². The first-order valence-corrected chi connectivity index (χ1v) is 11.5. The van der Waals surface area contributed by atoms with Crippen molar-refractivity contribution in [1.29, 1.82) is 0 Å². The van der Waals surface area contributed by atoms with E-state index in [-0.39, 0.29) is 23.5 Å². The summed E-state index contributed by atoms with van der Waals surface area (Å²) in [4.78, 5) is 28.2. The van der Waals surface area contributed by atoms with Gasteiger partial charge in [-0.05, 0) is 74.4 Å². The lowest BCUT2D eigenvalue weighted by Gasteiger charge is -2.32. The monoisotopic (exact) mass is 466 g/mol. The Morgan fingerprint density at radius 1 is 1.09 bits per heavy atom. The fourth-order valence-electron chi connectivity index (χ4n) is 3.97. The van der Waals surface area contributed by atoms with Gasteiger partial charge < -0.3 is 24.7 Å². The van der Waals surface area contributed by atoms with Gasteiger partial charge in [-0.15, -0.1) is 0 Å². The number of hydrogen-bond acceptors (Lipinski definition) is 5. The molecule has 2 amide bonds. The van der Waals surface area contributed by atoms with Crippen LogP contribution in [-0.4, -0.2) is 57.8 Å². The van der Waals surface area contributed by atoms with Crippen LogP contribution in [0.1, 0.15) is 56.2 Å². The summed E-state index contributed by atoms with van der Waals surface area (Å²) >= 11 is 0. The number of ether oxygens (including phenoxy) is 1. The number of phenolic OH excluding ortho intramolecular Hbond substituents is 2. The van der Waals surface area contributed by atoms with Gasteiger partial charge in [-0.25, -0.2) is 4.79 Å². The van der Waals surface area contributed by atoms with Crippen LogP contribution in [0.2, 0.25) is 0 Å². The van der Waals surface area contributed by atoms with Gasteiger partial charge in [0, 0.05) is 32.8 Å². The molecular formula is C27H34N2O5. The van der Waals surface area contributed by atoms with Gasteiger partial charge >= 0.3 is 6.09 Å². The van der Waals surface area contributed by atoms with Gasteiger partial charge in [0.1, 0.15) is 5.60 Å². The maximum absolute atomic E-state index is 12.6. The number of aromatic hydroxyl groups is 2. The molecule has 1 aliphatic heterocycles. The Hall–Kier alpha value is -3.48. The van der Waals surface area contributed by atoms with E-state index in [0.29, 0.717) is 31.1 Å². The quantitative estimate of drug-likeness (QED) is 0.484. The van der Waals surface area contributed by atoms with Crippen molar-refractivity contribution in [2.75, 3.05) is 20.1 Å². The zero-order chi connectivity index (χ0) is 24.9. The number of hydrogen-bond donors (Lipinski definition) is 2. The van der Waals surface area contributed by atoms with Crippen molar-refractivity contribution in [3.63, 3.8) is 0 Å². The summed E-state index contributed by atoms with van der Waals surface area (Å²) in [6.07, 6.45) is 4.52. The third kappa shape index (κ3) is 7.01. The molecule has 182 valence electrons. The van der Waals surface area contributed by atoms with E-state index in [2.05, 4.69) is 12.1 Å². The minimum atomic E-state index is -0.528. The smallest absolute Gasteiger partial charge is 0.410 e. The highest BCUT2D eigenvalue weighted by atomic mass is 16.6. The summed E-state index contributed by atoms with van der Waals surface area (Å²) in [5.41, 5.74) is 2.38. The maximum Gasteiger partial charge on any atom is 0.410 e. The number of phenols is 2. The maximum atomic E-state index is 12.6. The molecule has 0 radical (unpaired) electrons. The number of nitrogens with zero attached hydrogens (tertiary/aromatic N) is 2. The predicted octanol–water partition coefficient (Wildman–Crippen LogP) is 4.88. The fraction of sp³-hybridized carbons (Fsp3) is 0.407. The number of amides is 2. The van der Waals surface area contributed by atoms with Crippen LogP contribution >= 0.6 is 0 Å². The first-order valence-electron chi connectivity index (χ1n) is 11.5. The van der Waals surface area contributed by atoms with Gasteiger partial charge in [0.15, 0.2) is 11.5 Å². The number of rotatable bonds is 5. The van der Waals surface area contributed by atoms with E-state index in [9.17, 15) is 19.8 Å². The molecule has 0 aliphatic carbocycles. The molecule has 34 heavy (non-hydrogen) atoms.